The van der Waals surface area contributed by atoms with E-state index in [1.54, 1.807) is 18.9 Å². The van der Waals surface area contributed by atoms with Crippen molar-refractivity contribution in [2.75, 3.05) is 19.6 Å². The number of aryl methyl sites for hydroxylation is 1. The molecule has 9 heteroatoms. The van der Waals surface area contributed by atoms with Gasteiger partial charge < -0.3 is 20.8 Å². The summed E-state index contributed by atoms with van der Waals surface area (Å²) in [5, 5.41) is 0. The molecule has 4 aliphatic rings. The van der Waals surface area contributed by atoms with Gasteiger partial charge in [-0.25, -0.2) is 4.98 Å². The number of amides is 1. The van der Waals surface area contributed by atoms with Crippen molar-refractivity contribution in [3.63, 3.8) is 0 Å². The van der Waals surface area contributed by atoms with Gasteiger partial charge in [-0.2, -0.15) is 0 Å². The average Bonchev–Trinajstić information content (AvgIpc) is 3.50. The van der Waals surface area contributed by atoms with Crippen molar-refractivity contribution in [2.45, 2.75) is 87.7 Å². The molecule has 3 aromatic rings. The van der Waals surface area contributed by atoms with Crippen molar-refractivity contribution in [1.29, 1.82) is 0 Å². The molecule has 3 unspecified atom stereocenters. The van der Waals surface area contributed by atoms with Gasteiger partial charge in [-0.3, -0.25) is 14.4 Å². The number of carbonyl (C=O) groups excluding carboxylic acids is 1. The molecule has 228 valence electrons. The first kappa shape index (κ1) is 32.2. The number of benzene rings is 2. The summed E-state index contributed by atoms with van der Waals surface area (Å²) in [7, 11) is 0. The largest absolute Gasteiger partial charge is 0.412 e. The van der Waals surface area contributed by atoms with Crippen LogP contribution in [-0.4, -0.2) is 67.8 Å². The number of aromatic amines is 1. The molecular formula is C33H47N5O3S. The third kappa shape index (κ3) is 6.76. The maximum Gasteiger partial charge on any atom is 0.219 e. The Labute approximate surface area is 254 Å². The van der Waals surface area contributed by atoms with E-state index in [0.29, 0.717) is 18.0 Å². The van der Waals surface area contributed by atoms with Crippen LogP contribution in [0.3, 0.4) is 0 Å². The summed E-state index contributed by atoms with van der Waals surface area (Å²) in [5.41, 5.74) is 4.35. The lowest BCUT2D eigenvalue weighted by molar-refractivity contribution is -0.129. The zero-order valence-electron chi connectivity index (χ0n) is 24.9. The second kappa shape index (κ2) is 14.2. The van der Waals surface area contributed by atoms with Gasteiger partial charge in [0.25, 0.3) is 0 Å². The number of likely N-dealkylation sites (tertiary alicyclic amines) is 1. The van der Waals surface area contributed by atoms with Crippen LogP contribution in [0.5, 0.6) is 0 Å². The van der Waals surface area contributed by atoms with E-state index in [2.05, 4.69) is 80.3 Å². The molecular weight excluding hydrogens is 546 g/mol. The zero-order valence-corrected chi connectivity index (χ0v) is 25.8. The molecule has 3 fully saturated rings. The van der Waals surface area contributed by atoms with Crippen molar-refractivity contribution in [2.24, 2.45) is 5.92 Å². The highest BCUT2D eigenvalue weighted by molar-refractivity contribution is 7.97. The maximum absolute atomic E-state index is 11.1. The van der Waals surface area contributed by atoms with Crippen LogP contribution in [-0.2, 0) is 17.8 Å². The molecule has 0 bridgehead atoms. The van der Waals surface area contributed by atoms with Crippen LogP contribution in [0.25, 0.3) is 0 Å². The van der Waals surface area contributed by atoms with Crippen molar-refractivity contribution in [3.8, 4) is 0 Å². The Hall–Kier alpha value is -2.69. The number of hydrogen-bond donors (Lipinski definition) is 2. The number of fused-ring (bicyclic) bond motifs is 1. The van der Waals surface area contributed by atoms with E-state index in [9.17, 15) is 4.79 Å². The van der Waals surface area contributed by atoms with Crippen molar-refractivity contribution < 1.29 is 15.7 Å². The zero-order chi connectivity index (χ0) is 27.5. The number of hydrogen-bond acceptors (Lipinski definition) is 5. The van der Waals surface area contributed by atoms with Gasteiger partial charge in [-0.1, -0.05) is 55.0 Å². The highest BCUT2D eigenvalue weighted by Gasteiger charge is 2.70. The molecule has 1 aromatic heterocycles. The smallest absolute Gasteiger partial charge is 0.219 e. The highest BCUT2D eigenvalue weighted by Crippen LogP contribution is 2.64. The molecule has 2 aromatic carbocycles. The minimum absolute atomic E-state index is 0. The minimum atomic E-state index is 0. The van der Waals surface area contributed by atoms with Crippen LogP contribution < -0.4 is 4.72 Å². The summed E-state index contributed by atoms with van der Waals surface area (Å²) in [6, 6.07) is 22.7. The predicted molar refractivity (Wildman–Crippen MR) is 169 cm³/mol. The van der Waals surface area contributed by atoms with Crippen LogP contribution in [0.2, 0.25) is 0 Å². The normalized spacial score (nSPS) is 25.5. The van der Waals surface area contributed by atoms with E-state index in [1.165, 1.54) is 55.5 Å². The third-order valence-corrected chi connectivity index (χ3v) is 10.5. The van der Waals surface area contributed by atoms with Gasteiger partial charge >= 0.3 is 0 Å². The molecule has 6 N–H and O–H groups in total. The number of nitrogens with one attached hydrogen (secondary N) is 2. The molecule has 1 saturated heterocycles. The fourth-order valence-electron chi connectivity index (χ4n) is 7.48. The summed E-state index contributed by atoms with van der Waals surface area (Å²) < 4.78 is 3.64. The van der Waals surface area contributed by atoms with E-state index in [1.807, 2.05) is 11.8 Å². The first-order valence-electron chi connectivity index (χ1n) is 15.1. The quantitative estimate of drug-likeness (QED) is 0.295. The second-order valence-corrected chi connectivity index (χ2v) is 12.9. The van der Waals surface area contributed by atoms with E-state index in [4.69, 9.17) is 0 Å². The molecule has 0 radical (unpaired) electrons. The summed E-state index contributed by atoms with van der Waals surface area (Å²) in [6.07, 6.45) is 9.51. The summed E-state index contributed by atoms with van der Waals surface area (Å²) in [5.74, 6) is 2.69. The lowest BCUT2D eigenvalue weighted by Crippen LogP contribution is -2.42. The van der Waals surface area contributed by atoms with Gasteiger partial charge in [0.2, 0.25) is 5.91 Å². The first-order valence-corrected chi connectivity index (χ1v) is 15.9. The topological polar surface area (TPSA) is 127 Å². The lowest BCUT2D eigenvalue weighted by atomic mass is 9.65. The Balaban J connectivity index is 0.000000229. The molecule has 2 saturated carbocycles. The van der Waals surface area contributed by atoms with E-state index >= 15 is 0 Å². The van der Waals surface area contributed by atoms with E-state index < -0.39 is 0 Å². The Morgan fingerprint density at radius 3 is 2.50 bits per heavy atom. The average molecular weight is 594 g/mol. The van der Waals surface area contributed by atoms with Gasteiger partial charge in [-0.15, -0.1) is 0 Å². The number of imidazole rings is 1. The Kier molecular flexibility index (Phi) is 10.9. The van der Waals surface area contributed by atoms with Crippen LogP contribution in [0, 0.1) is 12.8 Å². The molecule has 1 spiro atoms. The molecule has 3 heterocycles. The molecule has 7 rings (SSSR count). The highest BCUT2D eigenvalue weighted by atomic mass is 32.2. The number of rotatable bonds is 8. The Bertz CT molecular complexity index is 1290. The molecule has 2 aliphatic carbocycles. The number of H-pyrrole nitrogens is 1. The van der Waals surface area contributed by atoms with Crippen molar-refractivity contribution in [3.05, 3.63) is 83.4 Å². The monoisotopic (exact) mass is 593 g/mol. The van der Waals surface area contributed by atoms with Crippen LogP contribution in [0.4, 0.5) is 0 Å². The molecule has 5 atom stereocenters. The van der Waals surface area contributed by atoms with Crippen molar-refractivity contribution in [1.82, 2.24) is 24.5 Å². The van der Waals surface area contributed by atoms with Gasteiger partial charge in [0.1, 0.15) is 5.82 Å². The predicted octanol–water partition coefficient (Wildman–Crippen LogP) is 4.45. The molecule has 42 heavy (non-hydrogen) atoms. The second-order valence-electron chi connectivity index (χ2n) is 12.0. The summed E-state index contributed by atoms with van der Waals surface area (Å²) in [4.78, 5) is 24.6. The van der Waals surface area contributed by atoms with Gasteiger partial charge in [-0.05, 0) is 87.1 Å². The number of nitrogens with zero attached hydrogens (tertiary/aromatic N) is 3. The molecule has 8 nitrogen and oxygen atoms in total. The van der Waals surface area contributed by atoms with Crippen LogP contribution in [0.15, 0.2) is 65.6 Å². The number of carbonyl (C=O) groups is 1. The fraction of sp³-hybridized carbons (Fsp3) is 0.515. The van der Waals surface area contributed by atoms with Gasteiger partial charge in [0, 0.05) is 42.9 Å². The van der Waals surface area contributed by atoms with Crippen LogP contribution >= 0.6 is 11.9 Å². The Morgan fingerprint density at radius 1 is 1.10 bits per heavy atom. The summed E-state index contributed by atoms with van der Waals surface area (Å²) in [6.45, 7) is 7.33. The third-order valence-electron chi connectivity index (χ3n) is 9.70. The van der Waals surface area contributed by atoms with E-state index in [-0.39, 0.29) is 16.9 Å². The van der Waals surface area contributed by atoms with Crippen LogP contribution in [0.1, 0.15) is 74.1 Å². The minimum Gasteiger partial charge on any atom is -0.412 e. The first-order chi connectivity index (χ1) is 19.5. The lowest BCUT2D eigenvalue weighted by Gasteiger charge is -2.41. The van der Waals surface area contributed by atoms with Crippen molar-refractivity contribution >= 4 is 17.9 Å². The maximum atomic E-state index is 11.1. The standard InChI is InChI=1S/C24H30N2S.C9H13N3O.2H2O/c1-3-8-19(9-4-1)20(18-25-27-22-11-5-2-6-12-22)15-17-26-23-13-7-10-21-14-16-24(21,23)26;1-6-10-8-3-4-12(7(2)13)5-9(8)11-6;;/h1-6,8-9,11-12,20-21,23,25H,7,10,13-18H2;3-5H2,1-2H3,(H,10,11);2*1H2/t20?,21-,23+,24?,26?;;;/m1.../s1. The fourth-order valence-corrected chi connectivity index (χ4v) is 8.23. The molecule has 1 amide bonds. The number of aromatic nitrogens is 2. The SMILES string of the molecule is CC(=O)N1CCc2nc(C)[nH]c2C1.O.O.c1ccc(SNCC(CCN2[C@H]3CCC[C@@H]4CCC432)c2ccccc2)cc1. The Morgan fingerprint density at radius 2 is 1.83 bits per heavy atom. The summed E-state index contributed by atoms with van der Waals surface area (Å²) >= 11 is 1.76. The van der Waals surface area contributed by atoms with E-state index in [0.717, 1.165) is 48.7 Å². The van der Waals surface area contributed by atoms with Gasteiger partial charge in [0.15, 0.2) is 0 Å². The molecule has 2 aliphatic heterocycles. The van der Waals surface area contributed by atoms with Gasteiger partial charge in [0.05, 0.1) is 17.9 Å².